The zero-order chi connectivity index (χ0) is 13.7. The van der Waals surface area contributed by atoms with E-state index in [0.29, 0.717) is 6.54 Å². The molecule has 0 N–H and O–H groups in total. The molecule has 0 radical (unpaired) electrons. The lowest BCUT2D eigenvalue weighted by Gasteiger charge is -2.05. The molecule has 2 heteroatoms. The van der Waals surface area contributed by atoms with Crippen LogP contribution in [-0.2, 0) is 6.54 Å². The van der Waals surface area contributed by atoms with Crippen molar-refractivity contribution in [3.63, 3.8) is 0 Å². The Bertz CT molecular complexity index is 655. The van der Waals surface area contributed by atoms with Crippen LogP contribution in [0.15, 0.2) is 60.8 Å². The summed E-state index contributed by atoms with van der Waals surface area (Å²) in [7, 11) is 0. The number of hydrogen-bond acceptors (Lipinski definition) is 0. The Kier molecular flexibility index (Phi) is 4.35. The predicted octanol–water partition coefficient (Wildman–Crippen LogP) is 4.85. The van der Waals surface area contributed by atoms with Crippen molar-refractivity contribution in [2.24, 2.45) is 0 Å². The summed E-state index contributed by atoms with van der Waals surface area (Å²) in [6.07, 6.45) is 2.04. The molecular formula is C17H18FN. The third-order valence-electron chi connectivity index (χ3n) is 2.92. The quantitative estimate of drug-likeness (QED) is 0.616. The average Bonchev–Trinajstić information content (AvgIpc) is 2.85. The van der Waals surface area contributed by atoms with E-state index in [4.69, 9.17) is 0 Å². The number of fused-ring (bicyclic) bond motifs is 1. The molecule has 0 bridgehead atoms. The van der Waals surface area contributed by atoms with Crippen molar-refractivity contribution in [2.45, 2.75) is 20.4 Å². The Morgan fingerprint density at radius 2 is 1.74 bits per heavy atom. The van der Waals surface area contributed by atoms with Gasteiger partial charge in [0.1, 0.15) is 5.82 Å². The van der Waals surface area contributed by atoms with Gasteiger partial charge in [0.05, 0.1) is 0 Å². The maximum absolute atomic E-state index is 13.1. The minimum absolute atomic E-state index is 0.182. The maximum atomic E-state index is 13.1. The molecule has 0 atom stereocenters. The van der Waals surface area contributed by atoms with Crippen molar-refractivity contribution < 1.29 is 4.39 Å². The first-order valence-electron chi connectivity index (χ1n) is 6.61. The fraction of sp³-hybridized carbons (Fsp3) is 0.176. The summed E-state index contributed by atoms with van der Waals surface area (Å²) in [6, 6.07) is 17.0. The van der Waals surface area contributed by atoms with Gasteiger partial charge in [-0.15, -0.1) is 0 Å². The van der Waals surface area contributed by atoms with E-state index in [2.05, 4.69) is 22.8 Å². The third kappa shape index (κ3) is 3.02. The zero-order valence-electron chi connectivity index (χ0n) is 11.3. The predicted molar refractivity (Wildman–Crippen MR) is 78.8 cm³/mol. The molecule has 98 valence electrons. The van der Waals surface area contributed by atoms with Crippen LogP contribution in [0.1, 0.15) is 19.4 Å². The zero-order valence-corrected chi connectivity index (χ0v) is 11.3. The fourth-order valence-corrected chi connectivity index (χ4v) is 2.11. The summed E-state index contributed by atoms with van der Waals surface area (Å²) in [5.74, 6) is -0.182. The standard InChI is InChI=1S/C15H12FN.C2H6/c16-14-6-3-4-12(10-14)11-17-9-8-13-5-1-2-7-15(13)17;1-2/h1-10H,11H2;1-2H3. The number of rotatable bonds is 2. The van der Waals surface area contributed by atoms with E-state index in [1.54, 1.807) is 12.1 Å². The second-order valence-electron chi connectivity index (χ2n) is 4.13. The average molecular weight is 255 g/mol. The number of para-hydroxylation sites is 1. The number of hydrogen-bond donors (Lipinski definition) is 0. The SMILES string of the molecule is CC.Fc1cccc(Cn2ccc3ccccc32)c1. The molecule has 2 aromatic carbocycles. The van der Waals surface area contributed by atoms with Crippen molar-refractivity contribution in [3.8, 4) is 0 Å². The summed E-state index contributed by atoms with van der Waals surface area (Å²) in [5.41, 5.74) is 2.16. The maximum Gasteiger partial charge on any atom is 0.123 e. The Hall–Kier alpha value is -2.09. The van der Waals surface area contributed by atoms with Gasteiger partial charge in [-0.25, -0.2) is 4.39 Å². The Morgan fingerprint density at radius 1 is 0.947 bits per heavy atom. The van der Waals surface area contributed by atoms with Crippen LogP contribution in [0.2, 0.25) is 0 Å². The molecule has 1 nitrogen and oxygen atoms in total. The van der Waals surface area contributed by atoms with Gasteiger partial charge in [0, 0.05) is 18.3 Å². The van der Waals surface area contributed by atoms with Crippen LogP contribution in [0, 0.1) is 5.82 Å². The Balaban J connectivity index is 0.000000637. The van der Waals surface area contributed by atoms with Crippen molar-refractivity contribution in [1.29, 1.82) is 0 Å². The molecule has 1 heterocycles. The van der Waals surface area contributed by atoms with Gasteiger partial charge in [-0.2, -0.15) is 0 Å². The highest BCUT2D eigenvalue weighted by atomic mass is 19.1. The van der Waals surface area contributed by atoms with E-state index >= 15 is 0 Å². The first-order valence-corrected chi connectivity index (χ1v) is 6.61. The molecule has 0 saturated heterocycles. The minimum atomic E-state index is -0.182. The van der Waals surface area contributed by atoms with E-state index in [9.17, 15) is 4.39 Å². The highest BCUT2D eigenvalue weighted by Crippen LogP contribution is 2.17. The van der Waals surface area contributed by atoms with Gasteiger partial charge >= 0.3 is 0 Å². The van der Waals surface area contributed by atoms with Crippen LogP contribution in [0.3, 0.4) is 0 Å². The van der Waals surface area contributed by atoms with Crippen LogP contribution < -0.4 is 0 Å². The van der Waals surface area contributed by atoms with Gasteiger partial charge in [-0.05, 0) is 35.2 Å². The molecule has 19 heavy (non-hydrogen) atoms. The van der Waals surface area contributed by atoms with E-state index < -0.39 is 0 Å². The molecule has 0 amide bonds. The summed E-state index contributed by atoms with van der Waals surface area (Å²) in [4.78, 5) is 0. The van der Waals surface area contributed by atoms with E-state index in [-0.39, 0.29) is 5.82 Å². The summed E-state index contributed by atoms with van der Waals surface area (Å²) in [5, 5.41) is 1.21. The second-order valence-corrected chi connectivity index (χ2v) is 4.13. The molecule has 3 rings (SSSR count). The molecule has 0 fully saturated rings. The molecular weight excluding hydrogens is 237 g/mol. The first-order chi connectivity index (χ1) is 9.33. The molecule has 0 spiro atoms. The largest absolute Gasteiger partial charge is 0.343 e. The summed E-state index contributed by atoms with van der Waals surface area (Å²) >= 11 is 0. The molecule has 0 aliphatic rings. The van der Waals surface area contributed by atoms with E-state index in [1.165, 1.54) is 17.0 Å². The van der Waals surface area contributed by atoms with Gasteiger partial charge in [-0.3, -0.25) is 0 Å². The number of benzene rings is 2. The van der Waals surface area contributed by atoms with Gasteiger partial charge in [-0.1, -0.05) is 44.2 Å². The summed E-state index contributed by atoms with van der Waals surface area (Å²) < 4.78 is 15.2. The van der Waals surface area contributed by atoms with E-state index in [0.717, 1.165) is 5.56 Å². The topological polar surface area (TPSA) is 4.93 Å². The number of halogens is 1. The molecule has 3 aromatic rings. The number of aromatic nitrogens is 1. The lowest BCUT2D eigenvalue weighted by molar-refractivity contribution is 0.624. The third-order valence-corrected chi connectivity index (χ3v) is 2.92. The van der Waals surface area contributed by atoms with Crippen LogP contribution in [0.5, 0.6) is 0 Å². The van der Waals surface area contributed by atoms with Crippen LogP contribution in [0.4, 0.5) is 4.39 Å². The van der Waals surface area contributed by atoms with Crippen molar-refractivity contribution in [2.75, 3.05) is 0 Å². The highest BCUT2D eigenvalue weighted by Gasteiger charge is 2.01. The Morgan fingerprint density at radius 3 is 2.53 bits per heavy atom. The first kappa shape index (κ1) is 13.3. The fourth-order valence-electron chi connectivity index (χ4n) is 2.11. The van der Waals surface area contributed by atoms with E-state index in [1.807, 2.05) is 38.2 Å². The smallest absolute Gasteiger partial charge is 0.123 e. The lowest BCUT2D eigenvalue weighted by atomic mass is 10.2. The van der Waals surface area contributed by atoms with Gasteiger partial charge < -0.3 is 4.57 Å². The number of nitrogens with zero attached hydrogens (tertiary/aromatic N) is 1. The van der Waals surface area contributed by atoms with Gasteiger partial charge in [0.2, 0.25) is 0 Å². The molecule has 1 aromatic heterocycles. The van der Waals surface area contributed by atoms with Crippen molar-refractivity contribution >= 4 is 10.9 Å². The Labute approximate surface area is 113 Å². The summed E-state index contributed by atoms with van der Waals surface area (Å²) in [6.45, 7) is 4.70. The molecule has 0 aliphatic carbocycles. The normalized spacial score (nSPS) is 10.1. The minimum Gasteiger partial charge on any atom is -0.343 e. The molecule has 0 unspecified atom stereocenters. The van der Waals surface area contributed by atoms with Crippen LogP contribution in [-0.4, -0.2) is 4.57 Å². The van der Waals surface area contributed by atoms with Crippen molar-refractivity contribution in [3.05, 3.63) is 72.2 Å². The second kappa shape index (κ2) is 6.19. The van der Waals surface area contributed by atoms with Crippen LogP contribution >= 0.6 is 0 Å². The highest BCUT2D eigenvalue weighted by molar-refractivity contribution is 5.79. The lowest BCUT2D eigenvalue weighted by Crippen LogP contribution is -1.97. The van der Waals surface area contributed by atoms with Crippen molar-refractivity contribution in [1.82, 2.24) is 4.57 Å². The van der Waals surface area contributed by atoms with Gasteiger partial charge in [0.25, 0.3) is 0 Å². The van der Waals surface area contributed by atoms with Crippen LogP contribution in [0.25, 0.3) is 10.9 Å². The van der Waals surface area contributed by atoms with Gasteiger partial charge in [0.15, 0.2) is 0 Å². The molecule has 0 saturated carbocycles. The molecule has 0 aliphatic heterocycles. The monoisotopic (exact) mass is 255 g/mol.